The average Bonchev–Trinajstić information content (AvgIpc) is 3.11. The van der Waals surface area contributed by atoms with Crippen molar-refractivity contribution in [2.24, 2.45) is 4.40 Å². The summed E-state index contributed by atoms with van der Waals surface area (Å²) in [6.45, 7) is 0. The molecule has 0 spiro atoms. The minimum atomic E-state index is -4.04. The number of carbonyl (C=O) groups excluding carboxylic acids is 1. The molecule has 158 valence electrons. The largest absolute Gasteiger partial charge is 0.496 e. The van der Waals surface area contributed by atoms with Gasteiger partial charge in [-0.05, 0) is 41.4 Å². The van der Waals surface area contributed by atoms with Gasteiger partial charge < -0.3 is 9.47 Å². The fourth-order valence-electron chi connectivity index (χ4n) is 3.20. The molecule has 3 aromatic carbocycles. The minimum absolute atomic E-state index is 0.0157. The number of fused-ring (bicyclic) bond motifs is 1. The lowest BCUT2D eigenvalue weighted by atomic mass is 10.1. The molecular weight excluding hydrogens is 436 g/mol. The topological polar surface area (TPSA) is 94.1 Å². The summed E-state index contributed by atoms with van der Waals surface area (Å²) in [5.74, 6) is 0.591. The average molecular weight is 455 g/mol. The van der Waals surface area contributed by atoms with Crippen LogP contribution in [0.3, 0.4) is 0 Å². The number of carbonyl (C=O) groups is 1. The predicted molar refractivity (Wildman–Crippen MR) is 122 cm³/mol. The van der Waals surface area contributed by atoms with Gasteiger partial charge in [-0.1, -0.05) is 42.5 Å². The van der Waals surface area contributed by atoms with Crippen molar-refractivity contribution in [1.29, 1.82) is 0 Å². The van der Waals surface area contributed by atoms with E-state index in [2.05, 4.69) is 9.71 Å². The van der Waals surface area contributed by atoms with Crippen LogP contribution in [-0.4, -0.2) is 33.7 Å². The molecule has 1 heterocycles. The van der Waals surface area contributed by atoms with Crippen LogP contribution in [0.25, 0.3) is 16.8 Å². The Hall–Kier alpha value is -3.30. The first kappa shape index (κ1) is 21.0. The van der Waals surface area contributed by atoms with Crippen molar-refractivity contribution in [2.75, 3.05) is 14.2 Å². The molecule has 0 aliphatic carbocycles. The van der Waals surface area contributed by atoms with Gasteiger partial charge in [0, 0.05) is 5.39 Å². The van der Waals surface area contributed by atoms with Gasteiger partial charge in [-0.2, -0.15) is 8.42 Å². The number of thioether (sulfide) groups is 1. The van der Waals surface area contributed by atoms with Crippen molar-refractivity contribution in [2.45, 2.75) is 4.90 Å². The van der Waals surface area contributed by atoms with Crippen molar-refractivity contribution in [3.8, 4) is 11.5 Å². The van der Waals surface area contributed by atoms with E-state index in [0.29, 0.717) is 22.4 Å². The molecule has 7 nitrogen and oxygen atoms in total. The minimum Gasteiger partial charge on any atom is -0.496 e. The Bertz CT molecular complexity index is 1320. The lowest BCUT2D eigenvalue weighted by molar-refractivity contribution is -0.115. The van der Waals surface area contributed by atoms with E-state index in [1.165, 1.54) is 20.3 Å². The summed E-state index contributed by atoms with van der Waals surface area (Å²) in [6.07, 6.45) is 1.59. The molecule has 9 heteroatoms. The van der Waals surface area contributed by atoms with E-state index >= 15 is 0 Å². The fraction of sp³-hybridized carbons (Fsp3) is 0.0909. The first-order chi connectivity index (χ1) is 14.9. The molecule has 1 amide bonds. The Balaban J connectivity index is 1.71. The van der Waals surface area contributed by atoms with Gasteiger partial charge in [-0.15, -0.1) is 4.40 Å². The number of hydrogen-bond acceptors (Lipinski definition) is 6. The summed E-state index contributed by atoms with van der Waals surface area (Å²) in [5.41, 5.74) is 0.573. The highest BCUT2D eigenvalue weighted by molar-refractivity contribution is 8.19. The van der Waals surface area contributed by atoms with Crippen molar-refractivity contribution in [3.05, 3.63) is 71.1 Å². The molecular formula is C22H18N2O5S2. The number of nitrogens with one attached hydrogen (secondary N) is 1. The number of methoxy groups -OCH3 is 2. The van der Waals surface area contributed by atoms with E-state index in [4.69, 9.17) is 9.47 Å². The zero-order valence-corrected chi connectivity index (χ0v) is 18.3. The van der Waals surface area contributed by atoms with Crippen LogP contribution in [0.2, 0.25) is 0 Å². The van der Waals surface area contributed by atoms with Gasteiger partial charge in [0.15, 0.2) is 5.17 Å². The molecule has 31 heavy (non-hydrogen) atoms. The van der Waals surface area contributed by atoms with Crippen LogP contribution in [0.4, 0.5) is 0 Å². The van der Waals surface area contributed by atoms with Crippen molar-refractivity contribution in [3.63, 3.8) is 0 Å². The van der Waals surface area contributed by atoms with Crippen LogP contribution in [0.15, 0.2) is 74.9 Å². The highest BCUT2D eigenvalue weighted by atomic mass is 32.2. The Morgan fingerprint density at radius 1 is 0.935 bits per heavy atom. The predicted octanol–water partition coefficient (Wildman–Crippen LogP) is 3.81. The highest BCUT2D eigenvalue weighted by Gasteiger charge is 2.28. The van der Waals surface area contributed by atoms with E-state index < -0.39 is 15.9 Å². The zero-order chi connectivity index (χ0) is 22.0. The van der Waals surface area contributed by atoms with Crippen LogP contribution < -0.4 is 14.8 Å². The summed E-state index contributed by atoms with van der Waals surface area (Å²) in [5, 5.41) is 3.86. The number of ether oxygens (including phenoxy) is 2. The van der Waals surface area contributed by atoms with Gasteiger partial charge in [-0.3, -0.25) is 10.1 Å². The third-order valence-electron chi connectivity index (χ3n) is 4.62. The van der Waals surface area contributed by atoms with Gasteiger partial charge in [0.25, 0.3) is 15.9 Å². The maximum atomic E-state index is 13.0. The lowest BCUT2D eigenvalue weighted by Crippen LogP contribution is -2.20. The van der Waals surface area contributed by atoms with Crippen molar-refractivity contribution in [1.82, 2.24) is 5.32 Å². The Kier molecular flexibility index (Phi) is 5.71. The molecule has 4 rings (SSSR count). The number of amidine groups is 1. The van der Waals surface area contributed by atoms with Gasteiger partial charge in [0.05, 0.1) is 29.6 Å². The molecule has 0 bridgehead atoms. The number of nitrogens with zero attached hydrogens (tertiary/aromatic N) is 1. The van der Waals surface area contributed by atoms with E-state index in [9.17, 15) is 13.2 Å². The number of sulfonamides is 1. The molecule has 1 aliphatic heterocycles. The van der Waals surface area contributed by atoms with Gasteiger partial charge in [0.2, 0.25) is 0 Å². The summed E-state index contributed by atoms with van der Waals surface area (Å²) >= 11 is 0.939. The first-order valence-corrected chi connectivity index (χ1v) is 11.4. The second kappa shape index (κ2) is 8.44. The smallest absolute Gasteiger partial charge is 0.285 e. The maximum Gasteiger partial charge on any atom is 0.285 e. The first-order valence-electron chi connectivity index (χ1n) is 9.17. The third kappa shape index (κ3) is 4.14. The van der Waals surface area contributed by atoms with E-state index in [0.717, 1.165) is 17.1 Å². The summed E-state index contributed by atoms with van der Waals surface area (Å²) < 4.78 is 40.5. The Labute approximate surface area is 183 Å². The Morgan fingerprint density at radius 2 is 1.58 bits per heavy atom. The lowest BCUT2D eigenvalue weighted by Gasteiger charge is -2.09. The second-order valence-corrected chi connectivity index (χ2v) is 9.09. The third-order valence-corrected chi connectivity index (χ3v) is 6.98. The molecule has 0 saturated carbocycles. The highest BCUT2D eigenvalue weighted by Crippen LogP contribution is 2.35. The molecule has 0 atom stereocenters. The van der Waals surface area contributed by atoms with Crippen LogP contribution in [-0.2, 0) is 14.8 Å². The SMILES string of the molecule is COc1cccc(OC)c1/C=C1\SC(=NS(=O)(=O)c2cccc3ccccc23)NC1=O. The molecule has 0 unspecified atom stereocenters. The molecule has 3 aromatic rings. The van der Waals surface area contributed by atoms with Crippen molar-refractivity contribution >= 4 is 49.7 Å². The molecule has 0 aromatic heterocycles. The van der Waals surface area contributed by atoms with Gasteiger partial charge >= 0.3 is 0 Å². The second-order valence-electron chi connectivity index (χ2n) is 6.49. The normalized spacial score (nSPS) is 16.6. The summed E-state index contributed by atoms with van der Waals surface area (Å²) in [7, 11) is -1.01. The molecule has 1 aliphatic rings. The summed E-state index contributed by atoms with van der Waals surface area (Å²) in [4.78, 5) is 12.8. The van der Waals surface area contributed by atoms with E-state index in [1.54, 1.807) is 42.5 Å². The standard InChI is InChI=1S/C22H18N2O5S2/c1-28-17-10-6-11-18(29-2)16(17)13-19-21(25)23-22(30-19)24-31(26,27)20-12-5-8-14-7-3-4-9-15(14)20/h3-13H,1-2H3,(H,23,24,25)/b19-13-. The zero-order valence-electron chi connectivity index (χ0n) is 16.7. The number of amides is 1. The number of rotatable bonds is 5. The Morgan fingerprint density at radius 3 is 2.29 bits per heavy atom. The van der Waals surface area contributed by atoms with Gasteiger partial charge in [-0.25, -0.2) is 0 Å². The monoisotopic (exact) mass is 454 g/mol. The number of hydrogen-bond donors (Lipinski definition) is 1. The van der Waals surface area contributed by atoms with Crippen molar-refractivity contribution < 1.29 is 22.7 Å². The van der Waals surface area contributed by atoms with Crippen LogP contribution >= 0.6 is 11.8 Å². The molecule has 0 radical (unpaired) electrons. The quantitative estimate of drug-likeness (QED) is 0.590. The molecule has 1 saturated heterocycles. The van der Waals surface area contributed by atoms with Crippen LogP contribution in [0.1, 0.15) is 5.56 Å². The van der Waals surface area contributed by atoms with Crippen LogP contribution in [0.5, 0.6) is 11.5 Å². The molecule has 1 N–H and O–H groups in total. The summed E-state index contributed by atoms with van der Waals surface area (Å²) in [6, 6.07) is 17.4. The van der Waals surface area contributed by atoms with E-state index in [-0.39, 0.29) is 15.0 Å². The van der Waals surface area contributed by atoms with Crippen LogP contribution in [0, 0.1) is 0 Å². The molecule has 1 fully saturated rings. The van der Waals surface area contributed by atoms with E-state index in [1.807, 2.05) is 18.2 Å². The van der Waals surface area contributed by atoms with Gasteiger partial charge in [0.1, 0.15) is 11.5 Å². The maximum absolute atomic E-state index is 13.0. The number of benzene rings is 3. The fourth-order valence-corrected chi connectivity index (χ4v) is 5.40.